The molecule has 0 amide bonds. The molecule has 1 aromatic heterocycles. The average molecular weight is 234 g/mol. The van der Waals surface area contributed by atoms with E-state index in [1.807, 2.05) is 6.07 Å². The van der Waals surface area contributed by atoms with Crippen molar-refractivity contribution in [1.29, 1.82) is 0 Å². The van der Waals surface area contributed by atoms with Crippen LogP contribution in [0, 0.1) is 0 Å². The second-order valence-corrected chi connectivity index (χ2v) is 4.40. The molecule has 0 aliphatic rings. The number of nitrogens with zero attached hydrogens (tertiary/aromatic N) is 2. The minimum absolute atomic E-state index is 0.333. The SMILES string of the molecule is CC(CNc1nc(N)ns1)c1ccccc1. The molecule has 16 heavy (non-hydrogen) atoms. The van der Waals surface area contributed by atoms with E-state index in [0.717, 1.165) is 11.7 Å². The summed E-state index contributed by atoms with van der Waals surface area (Å²) in [7, 11) is 0. The standard InChI is InChI=1S/C11H14N4S/c1-8(9-5-3-2-4-6-9)7-13-11-14-10(12)15-16-11/h2-6,8H,7H2,1H3,(H3,12,13,14,15). The monoisotopic (exact) mass is 234 g/mol. The Balaban J connectivity index is 1.91. The fourth-order valence-electron chi connectivity index (χ4n) is 1.45. The van der Waals surface area contributed by atoms with Gasteiger partial charge in [-0.05, 0) is 11.5 Å². The maximum Gasteiger partial charge on any atom is 0.233 e. The number of nitrogens with two attached hydrogens (primary N) is 1. The van der Waals surface area contributed by atoms with Crippen LogP contribution in [-0.4, -0.2) is 15.9 Å². The molecule has 0 saturated carbocycles. The number of nitrogen functional groups attached to an aromatic ring is 1. The van der Waals surface area contributed by atoms with Crippen LogP contribution in [0.4, 0.5) is 11.1 Å². The lowest BCUT2D eigenvalue weighted by atomic mass is 10.0. The molecule has 2 aromatic rings. The van der Waals surface area contributed by atoms with Crippen molar-refractivity contribution in [3.63, 3.8) is 0 Å². The van der Waals surface area contributed by atoms with Gasteiger partial charge in [-0.25, -0.2) is 0 Å². The summed E-state index contributed by atoms with van der Waals surface area (Å²) in [5, 5.41) is 4.01. The summed E-state index contributed by atoms with van der Waals surface area (Å²) in [5.41, 5.74) is 6.76. The van der Waals surface area contributed by atoms with Crippen LogP contribution >= 0.6 is 11.5 Å². The van der Waals surface area contributed by atoms with Crippen LogP contribution in [-0.2, 0) is 0 Å². The van der Waals surface area contributed by atoms with Gasteiger partial charge < -0.3 is 11.1 Å². The fourth-order valence-corrected chi connectivity index (χ4v) is 1.95. The van der Waals surface area contributed by atoms with E-state index in [1.54, 1.807) is 0 Å². The first-order chi connectivity index (χ1) is 7.75. The lowest BCUT2D eigenvalue weighted by Crippen LogP contribution is -2.09. The summed E-state index contributed by atoms with van der Waals surface area (Å²) in [4.78, 5) is 4.05. The summed E-state index contributed by atoms with van der Waals surface area (Å²) in [6.45, 7) is 3.01. The van der Waals surface area contributed by atoms with Crippen LogP contribution in [0.3, 0.4) is 0 Å². The molecule has 0 aliphatic heterocycles. The highest BCUT2D eigenvalue weighted by molar-refractivity contribution is 7.09. The highest BCUT2D eigenvalue weighted by Crippen LogP contribution is 2.17. The number of hydrogen-bond donors (Lipinski definition) is 2. The fraction of sp³-hybridized carbons (Fsp3) is 0.273. The zero-order valence-electron chi connectivity index (χ0n) is 9.05. The molecule has 0 spiro atoms. The highest BCUT2D eigenvalue weighted by Gasteiger charge is 2.06. The number of hydrogen-bond acceptors (Lipinski definition) is 5. The lowest BCUT2D eigenvalue weighted by Gasteiger charge is -2.11. The van der Waals surface area contributed by atoms with Crippen LogP contribution in [0.2, 0.25) is 0 Å². The van der Waals surface area contributed by atoms with Gasteiger partial charge in [0.05, 0.1) is 0 Å². The maximum absolute atomic E-state index is 5.44. The molecule has 1 unspecified atom stereocenters. The molecular formula is C11H14N4S. The zero-order chi connectivity index (χ0) is 11.4. The molecule has 5 heteroatoms. The first kappa shape index (κ1) is 10.9. The molecular weight excluding hydrogens is 220 g/mol. The summed E-state index contributed by atoms with van der Waals surface area (Å²) >= 11 is 1.29. The van der Waals surface area contributed by atoms with Crippen molar-refractivity contribution in [2.45, 2.75) is 12.8 Å². The third-order valence-electron chi connectivity index (χ3n) is 2.37. The number of nitrogens with one attached hydrogen (secondary N) is 1. The zero-order valence-corrected chi connectivity index (χ0v) is 9.87. The normalized spacial score (nSPS) is 12.3. The van der Waals surface area contributed by atoms with E-state index in [-0.39, 0.29) is 0 Å². The van der Waals surface area contributed by atoms with Gasteiger partial charge in [0.15, 0.2) is 0 Å². The van der Waals surface area contributed by atoms with E-state index in [1.165, 1.54) is 17.1 Å². The van der Waals surface area contributed by atoms with Gasteiger partial charge in [-0.1, -0.05) is 37.3 Å². The van der Waals surface area contributed by atoms with Crippen molar-refractivity contribution in [2.24, 2.45) is 0 Å². The molecule has 1 atom stereocenters. The Labute approximate surface area is 98.7 Å². The molecule has 0 aliphatic carbocycles. The van der Waals surface area contributed by atoms with E-state index in [0.29, 0.717) is 11.9 Å². The van der Waals surface area contributed by atoms with Crippen LogP contribution in [0.15, 0.2) is 30.3 Å². The second kappa shape index (κ2) is 4.94. The summed E-state index contributed by atoms with van der Waals surface area (Å²) in [6.07, 6.45) is 0. The molecule has 1 aromatic carbocycles. The van der Waals surface area contributed by atoms with Gasteiger partial charge in [0.1, 0.15) is 0 Å². The van der Waals surface area contributed by atoms with Crippen molar-refractivity contribution in [1.82, 2.24) is 9.36 Å². The van der Waals surface area contributed by atoms with E-state index in [4.69, 9.17) is 5.73 Å². The first-order valence-electron chi connectivity index (χ1n) is 5.13. The van der Waals surface area contributed by atoms with Crippen molar-refractivity contribution < 1.29 is 0 Å². The van der Waals surface area contributed by atoms with Gasteiger partial charge >= 0.3 is 0 Å². The Morgan fingerprint density at radius 1 is 1.38 bits per heavy atom. The van der Waals surface area contributed by atoms with Crippen LogP contribution in [0.25, 0.3) is 0 Å². The van der Waals surface area contributed by atoms with Gasteiger partial charge in [0, 0.05) is 18.1 Å². The predicted octanol–water partition coefficient (Wildman–Crippen LogP) is 2.34. The quantitative estimate of drug-likeness (QED) is 0.852. The summed E-state index contributed by atoms with van der Waals surface area (Å²) in [5.74, 6) is 0.770. The Hall–Kier alpha value is -1.62. The number of anilines is 2. The van der Waals surface area contributed by atoms with Gasteiger partial charge in [0.25, 0.3) is 0 Å². The van der Waals surface area contributed by atoms with E-state index < -0.39 is 0 Å². The minimum Gasteiger partial charge on any atom is -0.367 e. The first-order valence-corrected chi connectivity index (χ1v) is 5.91. The largest absolute Gasteiger partial charge is 0.367 e. The average Bonchev–Trinajstić information content (AvgIpc) is 2.73. The topological polar surface area (TPSA) is 63.8 Å². The molecule has 0 saturated heterocycles. The molecule has 4 nitrogen and oxygen atoms in total. The Bertz CT molecular complexity index is 440. The molecule has 84 valence electrons. The van der Waals surface area contributed by atoms with Gasteiger partial charge in [0.2, 0.25) is 11.1 Å². The summed E-state index contributed by atoms with van der Waals surface area (Å²) in [6, 6.07) is 10.4. The van der Waals surface area contributed by atoms with Crippen LogP contribution in [0.5, 0.6) is 0 Å². The van der Waals surface area contributed by atoms with Crippen molar-refractivity contribution in [3.8, 4) is 0 Å². The number of rotatable bonds is 4. The van der Waals surface area contributed by atoms with E-state index >= 15 is 0 Å². The Morgan fingerprint density at radius 3 is 2.75 bits per heavy atom. The van der Waals surface area contributed by atoms with Gasteiger partial charge in [-0.15, -0.1) is 0 Å². The molecule has 3 N–H and O–H groups in total. The van der Waals surface area contributed by atoms with Crippen molar-refractivity contribution >= 4 is 22.6 Å². The Morgan fingerprint density at radius 2 is 2.12 bits per heavy atom. The third-order valence-corrected chi connectivity index (χ3v) is 3.06. The molecule has 0 bridgehead atoms. The highest BCUT2D eigenvalue weighted by atomic mass is 32.1. The maximum atomic E-state index is 5.44. The van der Waals surface area contributed by atoms with Crippen molar-refractivity contribution in [3.05, 3.63) is 35.9 Å². The number of aromatic nitrogens is 2. The second-order valence-electron chi connectivity index (χ2n) is 3.65. The van der Waals surface area contributed by atoms with Gasteiger partial charge in [-0.2, -0.15) is 9.36 Å². The van der Waals surface area contributed by atoms with Crippen molar-refractivity contribution in [2.75, 3.05) is 17.6 Å². The molecule has 2 rings (SSSR count). The molecule has 0 radical (unpaired) electrons. The van der Waals surface area contributed by atoms with E-state index in [2.05, 4.69) is 45.9 Å². The third kappa shape index (κ3) is 2.70. The van der Waals surface area contributed by atoms with Crippen LogP contribution < -0.4 is 11.1 Å². The van der Waals surface area contributed by atoms with E-state index in [9.17, 15) is 0 Å². The predicted molar refractivity (Wildman–Crippen MR) is 67.7 cm³/mol. The smallest absolute Gasteiger partial charge is 0.233 e. The Kier molecular flexibility index (Phi) is 3.36. The molecule has 1 heterocycles. The minimum atomic E-state index is 0.333. The van der Waals surface area contributed by atoms with Crippen LogP contribution in [0.1, 0.15) is 18.4 Å². The number of benzene rings is 1. The molecule has 0 fully saturated rings. The van der Waals surface area contributed by atoms with Gasteiger partial charge in [-0.3, -0.25) is 0 Å². The lowest BCUT2D eigenvalue weighted by molar-refractivity contribution is 0.804. The summed E-state index contributed by atoms with van der Waals surface area (Å²) < 4.78 is 3.91.